The second-order valence-corrected chi connectivity index (χ2v) is 6.74. The lowest BCUT2D eigenvalue weighted by Gasteiger charge is -2.21. The van der Waals surface area contributed by atoms with E-state index in [1.54, 1.807) is 12.1 Å². The standard InChI is InChI=1S/C17H23ClN2O2/c18-13-5-6-16(22-14-3-1-2-4-14)15(9-13)17(21)20-8-7-12(10-19)11-20/h5-6,9,12,14H,1-4,7-8,10-11,19H2. The van der Waals surface area contributed by atoms with Crippen molar-refractivity contribution < 1.29 is 9.53 Å². The monoisotopic (exact) mass is 322 g/mol. The first-order chi connectivity index (χ1) is 10.7. The number of nitrogens with two attached hydrogens (primary N) is 1. The van der Waals surface area contributed by atoms with Crippen LogP contribution in [0, 0.1) is 5.92 Å². The first kappa shape index (κ1) is 15.6. The van der Waals surface area contributed by atoms with Crippen molar-refractivity contribution in [2.45, 2.75) is 38.2 Å². The second-order valence-electron chi connectivity index (χ2n) is 6.31. The van der Waals surface area contributed by atoms with Gasteiger partial charge < -0.3 is 15.4 Å². The zero-order valence-corrected chi connectivity index (χ0v) is 13.5. The van der Waals surface area contributed by atoms with Gasteiger partial charge >= 0.3 is 0 Å². The Balaban J connectivity index is 1.78. The van der Waals surface area contributed by atoms with Gasteiger partial charge in [0.05, 0.1) is 11.7 Å². The third kappa shape index (κ3) is 3.39. The molecule has 1 aromatic carbocycles. The molecule has 1 saturated heterocycles. The highest BCUT2D eigenvalue weighted by Gasteiger charge is 2.28. The third-order valence-corrected chi connectivity index (χ3v) is 4.91. The van der Waals surface area contributed by atoms with Crippen molar-refractivity contribution in [3.63, 3.8) is 0 Å². The Labute approximate surface area is 136 Å². The molecule has 1 heterocycles. The minimum absolute atomic E-state index is 0.00597. The van der Waals surface area contributed by atoms with Crippen LogP contribution in [0.5, 0.6) is 5.75 Å². The van der Waals surface area contributed by atoms with E-state index >= 15 is 0 Å². The number of carbonyl (C=O) groups is 1. The van der Waals surface area contributed by atoms with Crippen LogP contribution in [0.1, 0.15) is 42.5 Å². The van der Waals surface area contributed by atoms with Crippen LogP contribution in [0.3, 0.4) is 0 Å². The molecule has 1 unspecified atom stereocenters. The molecule has 1 amide bonds. The fraction of sp³-hybridized carbons (Fsp3) is 0.588. The van der Waals surface area contributed by atoms with Crippen LogP contribution in [0.25, 0.3) is 0 Å². The van der Waals surface area contributed by atoms with Crippen LogP contribution in [-0.4, -0.2) is 36.5 Å². The summed E-state index contributed by atoms with van der Waals surface area (Å²) < 4.78 is 6.06. The van der Waals surface area contributed by atoms with Gasteiger partial charge in [0, 0.05) is 18.1 Å². The number of benzene rings is 1. The van der Waals surface area contributed by atoms with E-state index in [-0.39, 0.29) is 12.0 Å². The Kier molecular flexibility index (Phi) is 4.89. The SMILES string of the molecule is NCC1CCN(C(=O)c2cc(Cl)ccc2OC2CCCC2)C1. The summed E-state index contributed by atoms with van der Waals surface area (Å²) in [4.78, 5) is 14.7. The van der Waals surface area contributed by atoms with E-state index in [0.717, 1.165) is 32.4 Å². The molecule has 22 heavy (non-hydrogen) atoms. The number of nitrogens with zero attached hydrogens (tertiary/aromatic N) is 1. The molecule has 2 aliphatic rings. The maximum Gasteiger partial charge on any atom is 0.257 e. The summed E-state index contributed by atoms with van der Waals surface area (Å²) in [6.45, 7) is 2.12. The number of amides is 1. The van der Waals surface area contributed by atoms with Gasteiger partial charge in [-0.25, -0.2) is 0 Å². The molecule has 1 saturated carbocycles. The maximum atomic E-state index is 12.8. The van der Waals surface area contributed by atoms with Crippen LogP contribution < -0.4 is 10.5 Å². The molecule has 3 rings (SSSR count). The topological polar surface area (TPSA) is 55.6 Å². The molecular formula is C17H23ClN2O2. The molecule has 1 aliphatic carbocycles. The van der Waals surface area contributed by atoms with E-state index < -0.39 is 0 Å². The predicted molar refractivity (Wildman–Crippen MR) is 87.4 cm³/mol. The number of hydrogen-bond acceptors (Lipinski definition) is 3. The minimum atomic E-state index is 0.00597. The van der Waals surface area contributed by atoms with Gasteiger partial charge in [0.1, 0.15) is 5.75 Å². The van der Waals surface area contributed by atoms with Gasteiger partial charge in [-0.1, -0.05) is 11.6 Å². The highest BCUT2D eigenvalue weighted by molar-refractivity contribution is 6.31. The summed E-state index contributed by atoms with van der Waals surface area (Å²) in [7, 11) is 0. The summed E-state index contributed by atoms with van der Waals surface area (Å²) in [6.07, 6.45) is 5.73. The van der Waals surface area contributed by atoms with Crippen LogP contribution in [-0.2, 0) is 0 Å². The van der Waals surface area contributed by atoms with Gasteiger partial charge in [0.25, 0.3) is 5.91 Å². The molecule has 1 atom stereocenters. The molecule has 120 valence electrons. The molecule has 0 spiro atoms. The van der Waals surface area contributed by atoms with E-state index in [2.05, 4.69) is 0 Å². The molecule has 1 aliphatic heterocycles. The van der Waals surface area contributed by atoms with Crippen molar-refractivity contribution in [3.05, 3.63) is 28.8 Å². The molecule has 2 fully saturated rings. The molecule has 2 N–H and O–H groups in total. The lowest BCUT2D eigenvalue weighted by atomic mass is 10.1. The Hall–Kier alpha value is -1.26. The first-order valence-corrected chi connectivity index (χ1v) is 8.50. The van der Waals surface area contributed by atoms with Crippen molar-refractivity contribution in [3.8, 4) is 5.75 Å². The largest absolute Gasteiger partial charge is 0.490 e. The van der Waals surface area contributed by atoms with Crippen molar-refractivity contribution in [1.82, 2.24) is 4.90 Å². The minimum Gasteiger partial charge on any atom is -0.490 e. The summed E-state index contributed by atoms with van der Waals surface area (Å²) in [5.41, 5.74) is 6.29. The van der Waals surface area contributed by atoms with Crippen LogP contribution in [0.2, 0.25) is 5.02 Å². The summed E-state index contributed by atoms with van der Waals surface area (Å²) in [6, 6.07) is 5.34. The fourth-order valence-electron chi connectivity index (χ4n) is 3.34. The van der Waals surface area contributed by atoms with Crippen molar-refractivity contribution in [1.29, 1.82) is 0 Å². The van der Waals surface area contributed by atoms with Gasteiger partial charge in [-0.3, -0.25) is 4.79 Å². The molecule has 0 radical (unpaired) electrons. The zero-order chi connectivity index (χ0) is 15.5. The smallest absolute Gasteiger partial charge is 0.257 e. The van der Waals surface area contributed by atoms with Gasteiger partial charge in [-0.15, -0.1) is 0 Å². The zero-order valence-electron chi connectivity index (χ0n) is 12.8. The lowest BCUT2D eigenvalue weighted by molar-refractivity contribution is 0.0780. The Morgan fingerprint density at radius 2 is 2.09 bits per heavy atom. The number of rotatable bonds is 4. The number of hydrogen-bond donors (Lipinski definition) is 1. The fourth-order valence-corrected chi connectivity index (χ4v) is 3.51. The summed E-state index contributed by atoms with van der Waals surface area (Å²) in [5, 5.41) is 0.566. The van der Waals surface area contributed by atoms with E-state index in [0.29, 0.717) is 28.8 Å². The Bertz CT molecular complexity index is 543. The average Bonchev–Trinajstić information content (AvgIpc) is 3.19. The molecule has 0 aromatic heterocycles. The predicted octanol–water partition coefficient (Wildman–Crippen LogP) is 3.08. The van der Waals surface area contributed by atoms with E-state index in [1.807, 2.05) is 11.0 Å². The molecular weight excluding hydrogens is 300 g/mol. The highest BCUT2D eigenvalue weighted by atomic mass is 35.5. The number of ether oxygens (including phenoxy) is 1. The van der Waals surface area contributed by atoms with Crippen LogP contribution >= 0.6 is 11.6 Å². The Morgan fingerprint density at radius 1 is 1.32 bits per heavy atom. The van der Waals surface area contributed by atoms with E-state index in [1.165, 1.54) is 12.8 Å². The average molecular weight is 323 g/mol. The van der Waals surface area contributed by atoms with Crippen molar-refractivity contribution >= 4 is 17.5 Å². The second kappa shape index (κ2) is 6.88. The molecule has 0 bridgehead atoms. The molecule has 5 heteroatoms. The quantitative estimate of drug-likeness (QED) is 0.926. The molecule has 1 aromatic rings. The first-order valence-electron chi connectivity index (χ1n) is 8.13. The highest BCUT2D eigenvalue weighted by Crippen LogP contribution is 2.30. The van der Waals surface area contributed by atoms with Gasteiger partial charge in [-0.05, 0) is 62.8 Å². The van der Waals surface area contributed by atoms with E-state index in [9.17, 15) is 4.79 Å². The van der Waals surface area contributed by atoms with Gasteiger partial charge in [0.15, 0.2) is 0 Å². The van der Waals surface area contributed by atoms with Crippen LogP contribution in [0.15, 0.2) is 18.2 Å². The lowest BCUT2D eigenvalue weighted by Crippen LogP contribution is -2.30. The van der Waals surface area contributed by atoms with E-state index in [4.69, 9.17) is 22.1 Å². The van der Waals surface area contributed by atoms with Crippen LogP contribution in [0.4, 0.5) is 0 Å². The summed E-state index contributed by atoms with van der Waals surface area (Å²) >= 11 is 6.09. The van der Waals surface area contributed by atoms with Gasteiger partial charge in [-0.2, -0.15) is 0 Å². The number of halogens is 1. The Morgan fingerprint density at radius 3 is 2.77 bits per heavy atom. The van der Waals surface area contributed by atoms with Crippen molar-refractivity contribution in [2.75, 3.05) is 19.6 Å². The maximum absolute atomic E-state index is 12.8. The van der Waals surface area contributed by atoms with Crippen molar-refractivity contribution in [2.24, 2.45) is 11.7 Å². The normalized spacial score (nSPS) is 22.3. The molecule has 4 nitrogen and oxygen atoms in total. The van der Waals surface area contributed by atoms with Gasteiger partial charge in [0.2, 0.25) is 0 Å². The third-order valence-electron chi connectivity index (χ3n) is 4.67. The number of carbonyl (C=O) groups excluding carboxylic acids is 1. The number of likely N-dealkylation sites (tertiary alicyclic amines) is 1. The summed E-state index contributed by atoms with van der Waals surface area (Å²) in [5.74, 6) is 1.08.